The first-order valence-corrected chi connectivity index (χ1v) is 9.27. The molecule has 1 aliphatic rings. The second kappa shape index (κ2) is 6.86. The average Bonchev–Trinajstić information content (AvgIpc) is 2.73. The zero-order chi connectivity index (χ0) is 16.3. The molecule has 0 bridgehead atoms. The quantitative estimate of drug-likeness (QED) is 0.749. The molecule has 0 aromatic carbocycles. The lowest BCUT2D eigenvalue weighted by molar-refractivity contribution is -0.129. The van der Waals surface area contributed by atoms with Crippen molar-refractivity contribution in [3.8, 4) is 0 Å². The molecular weight excluding hydrogens is 303 g/mol. The maximum Gasteiger partial charge on any atom is 0.390 e. The predicted molar refractivity (Wildman–Crippen MR) is 78.0 cm³/mol. The molecule has 0 spiro atoms. The number of nitrogens with zero attached hydrogens (tertiary/aromatic N) is 1. The summed E-state index contributed by atoms with van der Waals surface area (Å²) < 4.78 is 59.4. The van der Waals surface area contributed by atoms with E-state index >= 15 is 0 Å². The van der Waals surface area contributed by atoms with E-state index in [-0.39, 0.29) is 11.3 Å². The first-order chi connectivity index (χ1) is 9.41. The van der Waals surface area contributed by atoms with Gasteiger partial charge in [0.2, 0.25) is 0 Å². The van der Waals surface area contributed by atoms with Gasteiger partial charge in [0.1, 0.15) is 0 Å². The Morgan fingerprint density at radius 2 is 1.76 bits per heavy atom. The summed E-state index contributed by atoms with van der Waals surface area (Å²) in [6, 6.07) is 0.350. The standard InChI is InChI=1S/C14H26F3NO2S/c1-13(2,3)18-9-4-6-12(18)7-5-10-21(19,20)11-8-14(15,16)17/h12H,4-11H2,1-3H3/t12-/m1/s1. The van der Waals surface area contributed by atoms with Crippen molar-refractivity contribution in [3.63, 3.8) is 0 Å². The third-order valence-corrected chi connectivity index (χ3v) is 5.66. The third kappa shape index (κ3) is 7.00. The van der Waals surface area contributed by atoms with E-state index in [1.807, 2.05) is 0 Å². The van der Waals surface area contributed by atoms with Gasteiger partial charge in [0.05, 0.1) is 17.9 Å². The Morgan fingerprint density at radius 1 is 1.14 bits per heavy atom. The molecule has 3 nitrogen and oxygen atoms in total. The van der Waals surface area contributed by atoms with Gasteiger partial charge in [0, 0.05) is 11.6 Å². The van der Waals surface area contributed by atoms with Crippen LogP contribution in [-0.2, 0) is 9.84 Å². The molecule has 1 fully saturated rings. The van der Waals surface area contributed by atoms with Crippen molar-refractivity contribution in [2.24, 2.45) is 0 Å². The molecule has 1 rings (SSSR count). The van der Waals surface area contributed by atoms with Crippen molar-refractivity contribution in [3.05, 3.63) is 0 Å². The largest absolute Gasteiger partial charge is 0.390 e. The minimum Gasteiger partial charge on any atom is -0.296 e. The van der Waals surface area contributed by atoms with Crippen LogP contribution in [0.1, 0.15) is 52.9 Å². The van der Waals surface area contributed by atoms with E-state index in [0.29, 0.717) is 12.5 Å². The molecule has 0 unspecified atom stereocenters. The van der Waals surface area contributed by atoms with E-state index in [0.717, 1.165) is 25.8 Å². The summed E-state index contributed by atoms with van der Waals surface area (Å²) >= 11 is 0. The number of rotatable bonds is 6. The van der Waals surface area contributed by atoms with Crippen LogP contribution in [0.25, 0.3) is 0 Å². The van der Waals surface area contributed by atoms with Gasteiger partial charge >= 0.3 is 6.18 Å². The molecule has 1 atom stereocenters. The lowest BCUT2D eigenvalue weighted by Crippen LogP contribution is -2.44. The number of halogens is 3. The molecule has 0 N–H and O–H groups in total. The van der Waals surface area contributed by atoms with E-state index < -0.39 is 28.2 Å². The Morgan fingerprint density at radius 3 is 2.29 bits per heavy atom. The van der Waals surface area contributed by atoms with Crippen LogP contribution in [0.2, 0.25) is 0 Å². The third-order valence-electron chi connectivity index (χ3n) is 3.93. The second-order valence-electron chi connectivity index (χ2n) is 6.82. The van der Waals surface area contributed by atoms with E-state index in [1.165, 1.54) is 0 Å². The van der Waals surface area contributed by atoms with Crippen LogP contribution in [0.5, 0.6) is 0 Å². The van der Waals surface area contributed by atoms with Gasteiger partial charge in [-0.25, -0.2) is 8.42 Å². The Kier molecular flexibility index (Phi) is 6.12. The van der Waals surface area contributed by atoms with Crippen LogP contribution >= 0.6 is 0 Å². The van der Waals surface area contributed by atoms with Crippen LogP contribution in [-0.4, -0.2) is 49.1 Å². The van der Waals surface area contributed by atoms with Gasteiger partial charge in [-0.05, 0) is 53.0 Å². The van der Waals surface area contributed by atoms with E-state index in [4.69, 9.17) is 0 Å². The first kappa shape index (κ1) is 18.7. The number of alkyl halides is 3. The van der Waals surface area contributed by atoms with E-state index in [1.54, 1.807) is 0 Å². The highest BCUT2D eigenvalue weighted by Crippen LogP contribution is 2.29. The Bertz CT molecular complexity index is 426. The molecule has 126 valence electrons. The summed E-state index contributed by atoms with van der Waals surface area (Å²) in [6.45, 7) is 7.40. The van der Waals surface area contributed by atoms with Gasteiger partial charge in [0.25, 0.3) is 0 Å². The summed E-state index contributed by atoms with van der Waals surface area (Å²) in [5, 5.41) is 0. The van der Waals surface area contributed by atoms with Crippen LogP contribution in [0, 0.1) is 0 Å². The SMILES string of the molecule is CC(C)(C)N1CCC[C@@H]1CCCS(=O)(=O)CCC(F)(F)F. The predicted octanol–water partition coefficient (Wildman–Crippen LogP) is 3.40. The van der Waals surface area contributed by atoms with Gasteiger partial charge in [-0.2, -0.15) is 13.2 Å². The molecule has 1 aliphatic heterocycles. The van der Waals surface area contributed by atoms with Crippen LogP contribution in [0.15, 0.2) is 0 Å². The van der Waals surface area contributed by atoms with Crippen molar-refractivity contribution >= 4 is 9.84 Å². The maximum atomic E-state index is 12.1. The number of hydrogen-bond acceptors (Lipinski definition) is 3. The topological polar surface area (TPSA) is 37.4 Å². The highest BCUT2D eigenvalue weighted by molar-refractivity contribution is 7.91. The summed E-state index contributed by atoms with van der Waals surface area (Å²) in [7, 11) is -3.60. The lowest BCUT2D eigenvalue weighted by atomic mass is 10.0. The molecule has 1 saturated heterocycles. The highest BCUT2D eigenvalue weighted by atomic mass is 32.2. The van der Waals surface area contributed by atoms with Gasteiger partial charge in [-0.1, -0.05) is 0 Å². The molecule has 0 saturated carbocycles. The van der Waals surface area contributed by atoms with E-state index in [2.05, 4.69) is 25.7 Å². The summed E-state index contributed by atoms with van der Waals surface area (Å²) in [5.41, 5.74) is 0.0519. The van der Waals surface area contributed by atoms with Gasteiger partial charge in [-0.15, -0.1) is 0 Å². The van der Waals surface area contributed by atoms with Crippen LogP contribution < -0.4 is 0 Å². The van der Waals surface area contributed by atoms with Gasteiger partial charge in [-0.3, -0.25) is 4.90 Å². The van der Waals surface area contributed by atoms with Crippen LogP contribution in [0.4, 0.5) is 13.2 Å². The molecule has 0 aliphatic carbocycles. The zero-order valence-corrected chi connectivity index (χ0v) is 13.9. The molecule has 7 heteroatoms. The molecule has 21 heavy (non-hydrogen) atoms. The highest BCUT2D eigenvalue weighted by Gasteiger charge is 2.33. The monoisotopic (exact) mass is 329 g/mol. The average molecular weight is 329 g/mol. The summed E-state index contributed by atoms with van der Waals surface area (Å²) in [5.74, 6) is -0.929. The molecule has 0 aromatic rings. The summed E-state index contributed by atoms with van der Waals surface area (Å²) in [4.78, 5) is 2.37. The Hall–Kier alpha value is -0.300. The molecule has 0 aromatic heterocycles. The fraction of sp³-hybridized carbons (Fsp3) is 1.00. The smallest absolute Gasteiger partial charge is 0.296 e. The summed E-state index contributed by atoms with van der Waals surface area (Å²) in [6.07, 6.45) is -2.32. The normalized spacial score (nSPS) is 21.9. The molecule has 1 heterocycles. The molecule has 0 amide bonds. The van der Waals surface area contributed by atoms with Crippen molar-refractivity contribution in [1.29, 1.82) is 0 Å². The van der Waals surface area contributed by atoms with Crippen molar-refractivity contribution < 1.29 is 21.6 Å². The van der Waals surface area contributed by atoms with E-state index in [9.17, 15) is 21.6 Å². The minimum atomic E-state index is -4.40. The number of likely N-dealkylation sites (tertiary alicyclic amines) is 1. The minimum absolute atomic E-state index is 0.0519. The second-order valence-corrected chi connectivity index (χ2v) is 9.12. The number of hydrogen-bond donors (Lipinski definition) is 0. The Balaban J connectivity index is 2.39. The fourth-order valence-electron chi connectivity index (χ4n) is 2.93. The molecular formula is C14H26F3NO2S. The first-order valence-electron chi connectivity index (χ1n) is 7.45. The van der Waals surface area contributed by atoms with Crippen molar-refractivity contribution in [2.75, 3.05) is 18.1 Å². The fourth-order valence-corrected chi connectivity index (χ4v) is 4.28. The van der Waals surface area contributed by atoms with Crippen molar-refractivity contribution in [2.45, 2.75) is 70.6 Å². The van der Waals surface area contributed by atoms with Gasteiger partial charge < -0.3 is 0 Å². The lowest BCUT2D eigenvalue weighted by Gasteiger charge is -2.37. The van der Waals surface area contributed by atoms with Crippen LogP contribution in [0.3, 0.4) is 0 Å². The Labute approximate surface area is 125 Å². The van der Waals surface area contributed by atoms with Crippen molar-refractivity contribution in [1.82, 2.24) is 4.90 Å². The molecule has 0 radical (unpaired) electrons. The van der Waals surface area contributed by atoms with Gasteiger partial charge in [0.15, 0.2) is 9.84 Å². The number of sulfone groups is 1. The maximum absolute atomic E-state index is 12.1. The zero-order valence-electron chi connectivity index (χ0n) is 13.0.